The number of rotatable bonds is 2. The van der Waals surface area contributed by atoms with E-state index in [0.717, 1.165) is 18.8 Å². The summed E-state index contributed by atoms with van der Waals surface area (Å²) in [6, 6.07) is 2.15. The van der Waals surface area contributed by atoms with Crippen molar-refractivity contribution in [3.05, 3.63) is 17.8 Å². The molecule has 18 heavy (non-hydrogen) atoms. The summed E-state index contributed by atoms with van der Waals surface area (Å²) in [5.41, 5.74) is 6.48. The van der Waals surface area contributed by atoms with E-state index in [4.69, 9.17) is 10.5 Å². The smallest absolute Gasteiger partial charge is 0.340 e. The molecule has 98 valence electrons. The highest BCUT2D eigenvalue weighted by Gasteiger charge is 2.27. The molecule has 0 aromatic carbocycles. The van der Waals surface area contributed by atoms with E-state index < -0.39 is 5.97 Å². The third kappa shape index (κ3) is 2.25. The first kappa shape index (κ1) is 12.7. The number of esters is 1. The van der Waals surface area contributed by atoms with Gasteiger partial charge in [-0.15, -0.1) is 0 Å². The third-order valence-corrected chi connectivity index (χ3v) is 3.40. The fraction of sp³-hybridized carbons (Fsp3) is 0.538. The second kappa shape index (κ2) is 4.84. The average molecular weight is 249 g/mol. The zero-order valence-corrected chi connectivity index (χ0v) is 11.0. The van der Waals surface area contributed by atoms with Crippen LogP contribution in [0.4, 0.5) is 11.5 Å². The van der Waals surface area contributed by atoms with Crippen molar-refractivity contribution in [1.29, 1.82) is 0 Å². The molecule has 2 rings (SSSR count). The Hall–Kier alpha value is -1.78. The van der Waals surface area contributed by atoms with E-state index in [0.29, 0.717) is 23.2 Å². The maximum absolute atomic E-state index is 11.6. The molecule has 0 spiro atoms. The Bertz CT molecular complexity index is 462. The molecule has 1 aliphatic rings. The average Bonchev–Trinajstić information content (AvgIpc) is 2.68. The Kier molecular flexibility index (Phi) is 3.41. The summed E-state index contributed by atoms with van der Waals surface area (Å²) in [5, 5.41) is 0. The minimum absolute atomic E-state index is 0.352. The lowest BCUT2D eigenvalue weighted by Gasteiger charge is -2.23. The van der Waals surface area contributed by atoms with Gasteiger partial charge in [-0.2, -0.15) is 0 Å². The number of carbonyl (C=O) groups excluding carboxylic acids is 1. The molecule has 1 saturated heterocycles. The van der Waals surface area contributed by atoms with Crippen molar-refractivity contribution in [2.75, 3.05) is 24.3 Å². The molecule has 1 aliphatic heterocycles. The molecular formula is C13H19N3O2. The fourth-order valence-corrected chi connectivity index (χ4v) is 2.52. The molecule has 0 bridgehead atoms. The Morgan fingerprint density at radius 1 is 1.56 bits per heavy atom. The first-order valence-corrected chi connectivity index (χ1v) is 6.13. The van der Waals surface area contributed by atoms with Crippen LogP contribution in [0.2, 0.25) is 0 Å². The van der Waals surface area contributed by atoms with Gasteiger partial charge in [0.25, 0.3) is 0 Å². The minimum Gasteiger partial charge on any atom is -0.465 e. The van der Waals surface area contributed by atoms with Crippen LogP contribution >= 0.6 is 0 Å². The van der Waals surface area contributed by atoms with Crippen molar-refractivity contribution in [2.24, 2.45) is 5.92 Å². The Balaban J connectivity index is 2.32. The summed E-state index contributed by atoms with van der Waals surface area (Å²) < 4.78 is 4.72. The summed E-state index contributed by atoms with van der Waals surface area (Å²) in [6.45, 7) is 5.34. The van der Waals surface area contributed by atoms with Crippen molar-refractivity contribution in [2.45, 2.75) is 26.3 Å². The molecule has 5 nitrogen and oxygen atoms in total. The van der Waals surface area contributed by atoms with E-state index in [2.05, 4.69) is 23.7 Å². The van der Waals surface area contributed by atoms with Gasteiger partial charge in [0.2, 0.25) is 0 Å². The first-order chi connectivity index (χ1) is 8.52. The molecule has 0 aliphatic carbocycles. The minimum atomic E-state index is -0.420. The number of nitrogen functional groups attached to an aromatic ring is 1. The number of nitrogens with zero attached hydrogens (tertiary/aromatic N) is 2. The van der Waals surface area contributed by atoms with Crippen LogP contribution in [0.5, 0.6) is 0 Å². The summed E-state index contributed by atoms with van der Waals surface area (Å²) in [5.74, 6) is 1.01. The van der Waals surface area contributed by atoms with Crippen LogP contribution in [0.1, 0.15) is 30.6 Å². The van der Waals surface area contributed by atoms with E-state index in [9.17, 15) is 4.79 Å². The number of hydrogen-bond donors (Lipinski definition) is 1. The van der Waals surface area contributed by atoms with E-state index in [1.54, 1.807) is 6.07 Å². The topological polar surface area (TPSA) is 68.5 Å². The molecule has 2 heterocycles. The van der Waals surface area contributed by atoms with Crippen LogP contribution in [0.25, 0.3) is 0 Å². The number of ether oxygens (including phenoxy) is 1. The SMILES string of the molecule is COC(=O)c1cc(N2CC(C)CC2C)ncc1N. The monoisotopic (exact) mass is 249 g/mol. The molecule has 1 fully saturated rings. The first-order valence-electron chi connectivity index (χ1n) is 6.13. The van der Waals surface area contributed by atoms with Crippen LogP contribution < -0.4 is 10.6 Å². The van der Waals surface area contributed by atoms with Gasteiger partial charge in [-0.1, -0.05) is 6.92 Å². The molecule has 5 heteroatoms. The van der Waals surface area contributed by atoms with Crippen molar-refractivity contribution in [3.63, 3.8) is 0 Å². The molecule has 1 aromatic heterocycles. The van der Waals surface area contributed by atoms with Gasteiger partial charge >= 0.3 is 5.97 Å². The largest absolute Gasteiger partial charge is 0.465 e. The molecule has 0 saturated carbocycles. The molecule has 0 radical (unpaired) electrons. The third-order valence-electron chi connectivity index (χ3n) is 3.40. The van der Waals surface area contributed by atoms with Crippen molar-refractivity contribution in [1.82, 2.24) is 4.98 Å². The number of carbonyl (C=O) groups is 1. The van der Waals surface area contributed by atoms with Gasteiger partial charge in [-0.3, -0.25) is 0 Å². The van der Waals surface area contributed by atoms with E-state index in [-0.39, 0.29) is 0 Å². The zero-order chi connectivity index (χ0) is 13.3. The Morgan fingerprint density at radius 3 is 2.83 bits per heavy atom. The van der Waals surface area contributed by atoms with Crippen LogP contribution in [0.3, 0.4) is 0 Å². The quantitative estimate of drug-likeness (QED) is 0.808. The molecule has 2 unspecified atom stereocenters. The number of pyridine rings is 1. The highest BCUT2D eigenvalue weighted by molar-refractivity contribution is 5.95. The van der Waals surface area contributed by atoms with Crippen molar-refractivity contribution >= 4 is 17.5 Å². The Labute approximate surface area is 107 Å². The van der Waals surface area contributed by atoms with E-state index in [1.807, 2.05) is 0 Å². The normalized spacial score (nSPS) is 23.2. The van der Waals surface area contributed by atoms with Gasteiger partial charge in [-0.05, 0) is 25.3 Å². The van der Waals surface area contributed by atoms with Crippen LogP contribution in [-0.4, -0.2) is 30.6 Å². The summed E-state index contributed by atoms with van der Waals surface area (Å²) in [7, 11) is 1.35. The van der Waals surface area contributed by atoms with Crippen molar-refractivity contribution < 1.29 is 9.53 Å². The lowest BCUT2D eigenvalue weighted by atomic mass is 10.1. The Morgan fingerprint density at radius 2 is 2.28 bits per heavy atom. The number of methoxy groups -OCH3 is 1. The molecular weight excluding hydrogens is 230 g/mol. The van der Waals surface area contributed by atoms with Gasteiger partial charge in [0.1, 0.15) is 5.82 Å². The fourth-order valence-electron chi connectivity index (χ4n) is 2.52. The number of anilines is 2. The van der Waals surface area contributed by atoms with Gasteiger partial charge in [0.05, 0.1) is 24.6 Å². The number of aromatic nitrogens is 1. The number of nitrogens with two attached hydrogens (primary N) is 1. The van der Waals surface area contributed by atoms with Gasteiger partial charge < -0.3 is 15.4 Å². The van der Waals surface area contributed by atoms with Crippen LogP contribution in [0.15, 0.2) is 12.3 Å². The maximum Gasteiger partial charge on any atom is 0.340 e. The van der Waals surface area contributed by atoms with Crippen LogP contribution in [0, 0.1) is 5.92 Å². The van der Waals surface area contributed by atoms with Gasteiger partial charge in [0, 0.05) is 12.6 Å². The van der Waals surface area contributed by atoms with Gasteiger partial charge in [-0.25, -0.2) is 9.78 Å². The molecule has 2 atom stereocenters. The zero-order valence-electron chi connectivity index (χ0n) is 11.0. The predicted octanol–water partition coefficient (Wildman–Crippen LogP) is 1.69. The summed E-state index contributed by atoms with van der Waals surface area (Å²) in [6.07, 6.45) is 2.66. The maximum atomic E-state index is 11.6. The lowest BCUT2D eigenvalue weighted by molar-refractivity contribution is 0.0602. The van der Waals surface area contributed by atoms with Crippen LogP contribution in [-0.2, 0) is 4.74 Å². The highest BCUT2D eigenvalue weighted by Crippen LogP contribution is 2.28. The second-order valence-corrected chi connectivity index (χ2v) is 4.96. The molecule has 0 amide bonds. The lowest BCUT2D eigenvalue weighted by Crippen LogP contribution is -2.28. The predicted molar refractivity (Wildman–Crippen MR) is 70.6 cm³/mol. The number of hydrogen-bond acceptors (Lipinski definition) is 5. The summed E-state index contributed by atoms with van der Waals surface area (Å²) in [4.78, 5) is 18.1. The van der Waals surface area contributed by atoms with Crippen molar-refractivity contribution in [3.8, 4) is 0 Å². The summed E-state index contributed by atoms with van der Waals surface area (Å²) >= 11 is 0. The van der Waals surface area contributed by atoms with Gasteiger partial charge in [0.15, 0.2) is 0 Å². The van der Waals surface area contributed by atoms with E-state index >= 15 is 0 Å². The standard InChI is InChI=1S/C13H19N3O2/c1-8-4-9(2)16(7-8)12-5-10(13(17)18-3)11(14)6-15-12/h5-6,8-9H,4,7,14H2,1-3H3. The molecule has 1 aromatic rings. The van der Waals surface area contributed by atoms with E-state index in [1.165, 1.54) is 13.3 Å². The second-order valence-electron chi connectivity index (χ2n) is 4.96. The highest BCUT2D eigenvalue weighted by atomic mass is 16.5. The molecule has 2 N–H and O–H groups in total.